The van der Waals surface area contributed by atoms with E-state index in [9.17, 15) is 14.4 Å². The standard InChI is InChI=1S/C12H20N2O5/c13-10(15)5-4-9(12(17)18)14-11(16)6-3-8-2-1-7-19-8/h8-9H,1-7H2,(H2,13,15)(H,14,16)(H,17,18). The van der Waals surface area contributed by atoms with Crippen LogP contribution in [0.2, 0.25) is 0 Å². The molecule has 0 saturated carbocycles. The maximum absolute atomic E-state index is 11.6. The Morgan fingerprint density at radius 3 is 2.63 bits per heavy atom. The van der Waals surface area contributed by atoms with Gasteiger partial charge in [0.25, 0.3) is 0 Å². The SMILES string of the molecule is NC(=O)CCC(NC(=O)CCC1CCCO1)C(=O)O. The molecule has 7 nitrogen and oxygen atoms in total. The minimum absolute atomic E-state index is 0.0103. The first-order valence-electron chi connectivity index (χ1n) is 6.41. The number of aliphatic carboxylic acids is 1. The minimum Gasteiger partial charge on any atom is -0.480 e. The van der Waals surface area contributed by atoms with Crippen molar-refractivity contribution in [2.75, 3.05) is 6.61 Å². The van der Waals surface area contributed by atoms with Crippen LogP contribution in [-0.2, 0) is 19.1 Å². The van der Waals surface area contributed by atoms with Gasteiger partial charge in [-0.25, -0.2) is 4.79 Å². The molecule has 1 saturated heterocycles. The summed E-state index contributed by atoms with van der Waals surface area (Å²) in [5, 5.41) is 11.3. The monoisotopic (exact) mass is 272 g/mol. The number of carbonyl (C=O) groups is 3. The molecule has 0 radical (unpaired) electrons. The van der Waals surface area contributed by atoms with E-state index in [1.165, 1.54) is 0 Å². The number of nitrogens with two attached hydrogens (primary N) is 1. The molecule has 1 aliphatic rings. The molecule has 19 heavy (non-hydrogen) atoms. The molecule has 1 fully saturated rings. The summed E-state index contributed by atoms with van der Waals surface area (Å²) in [5.41, 5.74) is 4.95. The second-order valence-electron chi connectivity index (χ2n) is 4.64. The van der Waals surface area contributed by atoms with Crippen molar-refractivity contribution >= 4 is 17.8 Å². The molecule has 108 valence electrons. The molecule has 0 spiro atoms. The maximum atomic E-state index is 11.6. The number of primary amides is 1. The Kier molecular flexibility index (Phi) is 6.27. The summed E-state index contributed by atoms with van der Waals surface area (Å²) >= 11 is 0. The van der Waals surface area contributed by atoms with Gasteiger partial charge >= 0.3 is 5.97 Å². The Morgan fingerprint density at radius 1 is 1.37 bits per heavy atom. The Hall–Kier alpha value is -1.63. The number of hydrogen-bond donors (Lipinski definition) is 3. The van der Waals surface area contributed by atoms with Crippen molar-refractivity contribution in [3.05, 3.63) is 0 Å². The fourth-order valence-electron chi connectivity index (χ4n) is 1.97. The zero-order chi connectivity index (χ0) is 14.3. The van der Waals surface area contributed by atoms with Crippen LogP contribution in [0.5, 0.6) is 0 Å². The van der Waals surface area contributed by atoms with Crippen LogP contribution < -0.4 is 11.1 Å². The van der Waals surface area contributed by atoms with E-state index in [1.54, 1.807) is 0 Å². The van der Waals surface area contributed by atoms with Gasteiger partial charge in [-0.2, -0.15) is 0 Å². The highest BCUT2D eigenvalue weighted by molar-refractivity contribution is 5.84. The van der Waals surface area contributed by atoms with Gasteiger partial charge in [-0.05, 0) is 25.7 Å². The topological polar surface area (TPSA) is 119 Å². The van der Waals surface area contributed by atoms with Crippen molar-refractivity contribution in [1.82, 2.24) is 5.32 Å². The largest absolute Gasteiger partial charge is 0.480 e. The number of carboxylic acid groups (broad SMARTS) is 1. The first kappa shape index (κ1) is 15.4. The van der Waals surface area contributed by atoms with Crippen LogP contribution in [0.3, 0.4) is 0 Å². The lowest BCUT2D eigenvalue weighted by molar-refractivity contribution is -0.142. The van der Waals surface area contributed by atoms with E-state index in [2.05, 4.69) is 5.32 Å². The fraction of sp³-hybridized carbons (Fsp3) is 0.750. The number of nitrogens with one attached hydrogen (secondary N) is 1. The predicted octanol–water partition coefficient (Wildman–Crippen LogP) is -0.219. The van der Waals surface area contributed by atoms with Crippen LogP contribution in [-0.4, -0.2) is 41.6 Å². The third-order valence-corrected chi connectivity index (χ3v) is 3.03. The van der Waals surface area contributed by atoms with Gasteiger partial charge in [-0.3, -0.25) is 9.59 Å². The van der Waals surface area contributed by atoms with Gasteiger partial charge in [0, 0.05) is 19.4 Å². The molecule has 2 atom stereocenters. The van der Waals surface area contributed by atoms with Gasteiger partial charge in [0.05, 0.1) is 6.10 Å². The van der Waals surface area contributed by atoms with Crippen molar-refractivity contribution in [3.8, 4) is 0 Å². The first-order chi connectivity index (χ1) is 8.99. The van der Waals surface area contributed by atoms with E-state index in [1.807, 2.05) is 0 Å². The molecule has 7 heteroatoms. The molecule has 1 heterocycles. The van der Waals surface area contributed by atoms with Crippen LogP contribution in [0.15, 0.2) is 0 Å². The summed E-state index contributed by atoms with van der Waals surface area (Å²) in [6.07, 6.45) is 2.80. The molecule has 0 aromatic carbocycles. The molecule has 2 amide bonds. The van der Waals surface area contributed by atoms with Gasteiger partial charge in [0.15, 0.2) is 0 Å². The van der Waals surface area contributed by atoms with E-state index in [0.717, 1.165) is 19.4 Å². The minimum atomic E-state index is -1.16. The third kappa shape index (κ3) is 6.19. The van der Waals surface area contributed by atoms with Gasteiger partial charge in [0.1, 0.15) is 6.04 Å². The van der Waals surface area contributed by atoms with E-state index >= 15 is 0 Å². The number of carboxylic acids is 1. The van der Waals surface area contributed by atoms with E-state index in [-0.39, 0.29) is 31.3 Å². The summed E-state index contributed by atoms with van der Waals surface area (Å²) in [6, 6.07) is -1.07. The first-order valence-corrected chi connectivity index (χ1v) is 6.41. The molecule has 0 aliphatic carbocycles. The fourth-order valence-corrected chi connectivity index (χ4v) is 1.97. The highest BCUT2D eigenvalue weighted by atomic mass is 16.5. The normalized spacial score (nSPS) is 19.9. The van der Waals surface area contributed by atoms with Crippen molar-refractivity contribution in [3.63, 3.8) is 0 Å². The van der Waals surface area contributed by atoms with E-state index < -0.39 is 17.9 Å². The van der Waals surface area contributed by atoms with Crippen LogP contribution >= 0.6 is 0 Å². The Morgan fingerprint density at radius 2 is 2.11 bits per heavy atom. The van der Waals surface area contributed by atoms with E-state index in [4.69, 9.17) is 15.6 Å². The highest BCUT2D eigenvalue weighted by Crippen LogP contribution is 2.16. The molecule has 4 N–H and O–H groups in total. The molecule has 2 unspecified atom stereocenters. The molecule has 0 aromatic heterocycles. The Labute approximate surface area is 111 Å². The molecule has 1 aliphatic heterocycles. The van der Waals surface area contributed by atoms with E-state index in [0.29, 0.717) is 6.42 Å². The summed E-state index contributed by atoms with van der Waals surface area (Å²) in [4.78, 5) is 33.1. The molecule has 0 bridgehead atoms. The van der Waals surface area contributed by atoms with Crippen LogP contribution in [0.1, 0.15) is 38.5 Å². The van der Waals surface area contributed by atoms with Crippen molar-refractivity contribution in [2.24, 2.45) is 5.73 Å². The lowest BCUT2D eigenvalue weighted by Crippen LogP contribution is -2.41. The summed E-state index contributed by atoms with van der Waals surface area (Å²) in [5.74, 6) is -2.08. The zero-order valence-electron chi connectivity index (χ0n) is 10.8. The lowest BCUT2D eigenvalue weighted by atomic mass is 10.1. The van der Waals surface area contributed by atoms with Crippen molar-refractivity contribution < 1.29 is 24.2 Å². The summed E-state index contributed by atoms with van der Waals surface area (Å²) < 4.78 is 5.38. The molecule has 0 aromatic rings. The quantitative estimate of drug-likeness (QED) is 0.564. The van der Waals surface area contributed by atoms with Crippen LogP contribution in [0, 0.1) is 0 Å². The van der Waals surface area contributed by atoms with Gasteiger partial charge in [-0.15, -0.1) is 0 Å². The predicted molar refractivity (Wildman–Crippen MR) is 66.2 cm³/mol. The number of amides is 2. The molecule has 1 rings (SSSR count). The second kappa shape index (κ2) is 7.73. The maximum Gasteiger partial charge on any atom is 0.326 e. The Bertz CT molecular complexity index is 339. The number of rotatable bonds is 8. The van der Waals surface area contributed by atoms with Gasteiger partial charge in [0.2, 0.25) is 11.8 Å². The Balaban J connectivity index is 2.29. The average Bonchev–Trinajstić information content (AvgIpc) is 2.84. The van der Waals surface area contributed by atoms with Crippen molar-refractivity contribution in [2.45, 2.75) is 50.7 Å². The number of ether oxygens (including phenoxy) is 1. The average molecular weight is 272 g/mol. The molecular formula is C12H20N2O5. The summed E-state index contributed by atoms with van der Waals surface area (Å²) in [6.45, 7) is 0.725. The summed E-state index contributed by atoms with van der Waals surface area (Å²) in [7, 11) is 0. The second-order valence-corrected chi connectivity index (χ2v) is 4.64. The number of hydrogen-bond acceptors (Lipinski definition) is 4. The highest BCUT2D eigenvalue weighted by Gasteiger charge is 2.22. The van der Waals surface area contributed by atoms with Crippen LogP contribution in [0.4, 0.5) is 0 Å². The number of carbonyl (C=O) groups excluding carboxylic acids is 2. The zero-order valence-corrected chi connectivity index (χ0v) is 10.8. The van der Waals surface area contributed by atoms with Crippen molar-refractivity contribution in [1.29, 1.82) is 0 Å². The lowest BCUT2D eigenvalue weighted by Gasteiger charge is -2.14. The van der Waals surface area contributed by atoms with Crippen LogP contribution in [0.25, 0.3) is 0 Å². The third-order valence-electron chi connectivity index (χ3n) is 3.03. The smallest absolute Gasteiger partial charge is 0.326 e. The van der Waals surface area contributed by atoms with Gasteiger partial charge < -0.3 is 20.9 Å². The molecular weight excluding hydrogens is 252 g/mol. The van der Waals surface area contributed by atoms with Gasteiger partial charge in [-0.1, -0.05) is 0 Å².